The van der Waals surface area contributed by atoms with E-state index in [0.717, 1.165) is 10.6 Å². The fourth-order valence-corrected chi connectivity index (χ4v) is 1.58. The normalized spacial score (nSPS) is 13.4. The first-order valence-corrected chi connectivity index (χ1v) is 4.95. The van der Waals surface area contributed by atoms with Crippen LogP contribution in [-0.4, -0.2) is 10.9 Å². The van der Waals surface area contributed by atoms with Gasteiger partial charge in [0.05, 0.1) is 12.1 Å². The molecule has 0 spiro atoms. The molecule has 15 heavy (non-hydrogen) atoms. The van der Waals surface area contributed by atoms with Crippen molar-refractivity contribution in [1.29, 1.82) is 0 Å². The average Bonchev–Trinajstić information content (AvgIpc) is 2.45. The maximum atomic E-state index is 13.3. The largest absolute Gasteiger partial charge is 0.272 e. The van der Waals surface area contributed by atoms with E-state index in [0.29, 0.717) is 12.1 Å². The van der Waals surface area contributed by atoms with Crippen molar-refractivity contribution in [2.24, 2.45) is 5.84 Å². The Kier molecular flexibility index (Phi) is 3.42. The van der Waals surface area contributed by atoms with Crippen LogP contribution in [0, 0.1) is 12.7 Å². The summed E-state index contributed by atoms with van der Waals surface area (Å²) in [5, 5.41) is 1.02. The molecule has 3 nitrogen and oxygen atoms in total. The number of hydrazine groups is 1. The van der Waals surface area contributed by atoms with Crippen LogP contribution < -0.4 is 5.84 Å². The number of benzene rings is 1. The van der Waals surface area contributed by atoms with E-state index in [1.807, 2.05) is 13.8 Å². The van der Waals surface area contributed by atoms with Gasteiger partial charge in [-0.2, -0.15) is 0 Å². The molecule has 82 valence electrons. The Morgan fingerprint density at radius 2 is 2.00 bits per heavy atom. The monoisotopic (exact) mass is 210 g/mol. The van der Waals surface area contributed by atoms with E-state index in [4.69, 9.17) is 5.84 Å². The zero-order valence-electron chi connectivity index (χ0n) is 9.17. The van der Waals surface area contributed by atoms with Crippen LogP contribution >= 0.6 is 0 Å². The first-order valence-electron chi connectivity index (χ1n) is 4.95. The van der Waals surface area contributed by atoms with Crippen LogP contribution in [0.15, 0.2) is 12.1 Å². The fraction of sp³-hybridized carbons (Fsp3) is 0.364. The summed E-state index contributed by atoms with van der Waals surface area (Å²) in [6, 6.07) is 3.12. The third-order valence-electron chi connectivity index (χ3n) is 2.13. The summed E-state index contributed by atoms with van der Waals surface area (Å²) in [6.07, 6.45) is 0. The Labute approximate surface area is 88.7 Å². The van der Waals surface area contributed by atoms with Gasteiger partial charge in [-0.1, -0.05) is 19.9 Å². The van der Waals surface area contributed by atoms with Crippen molar-refractivity contribution in [2.75, 3.05) is 0 Å². The van der Waals surface area contributed by atoms with Crippen LogP contribution in [0.5, 0.6) is 0 Å². The topological polar surface area (TPSA) is 46.3 Å². The molecule has 0 bridgehead atoms. The van der Waals surface area contributed by atoms with E-state index in [1.165, 1.54) is 6.07 Å². The molecule has 0 radical (unpaired) electrons. The second kappa shape index (κ2) is 4.40. The number of carbonyl (C=O) groups is 1. The minimum absolute atomic E-state index is 0.119. The quantitative estimate of drug-likeness (QED) is 0.525. The summed E-state index contributed by atoms with van der Waals surface area (Å²) in [5.41, 5.74) is 1.59. The van der Waals surface area contributed by atoms with Crippen molar-refractivity contribution in [3.63, 3.8) is 0 Å². The molecule has 1 heterocycles. The lowest BCUT2D eigenvalue weighted by Gasteiger charge is -2.04. The van der Waals surface area contributed by atoms with Gasteiger partial charge in [-0.25, -0.2) is 10.2 Å². The molecule has 2 N–H and O–H groups in total. The predicted octanol–water partition coefficient (Wildman–Crippen LogP) is 1.99. The number of rotatable bonds is 0. The first-order chi connectivity index (χ1) is 7.09. The van der Waals surface area contributed by atoms with Crippen molar-refractivity contribution < 1.29 is 9.18 Å². The van der Waals surface area contributed by atoms with Gasteiger partial charge < -0.3 is 0 Å². The number of hydrogen-bond donors (Lipinski definition) is 1. The predicted molar refractivity (Wildman–Crippen MR) is 56.5 cm³/mol. The van der Waals surface area contributed by atoms with Gasteiger partial charge in [-0.3, -0.25) is 9.80 Å². The van der Waals surface area contributed by atoms with Crippen LogP contribution in [0.25, 0.3) is 0 Å². The molecule has 1 aliphatic heterocycles. The summed E-state index contributed by atoms with van der Waals surface area (Å²) in [4.78, 5) is 11.3. The van der Waals surface area contributed by atoms with Gasteiger partial charge in [0, 0.05) is 0 Å². The molecular formula is C11H15FN2O. The third-order valence-corrected chi connectivity index (χ3v) is 2.13. The summed E-state index contributed by atoms with van der Waals surface area (Å²) < 4.78 is 13.3. The molecule has 1 aliphatic rings. The lowest BCUT2D eigenvalue weighted by molar-refractivity contribution is 0.0775. The third kappa shape index (κ3) is 1.99. The molecule has 0 aromatic heterocycles. The molecule has 1 amide bonds. The standard InChI is InChI=1S/C9H9FN2O.C2H6/c1-5-2-6-4-12(11)9(13)8(6)7(10)3-5;1-2/h2-3H,4,11H2,1H3;1-2H3. The van der Waals surface area contributed by atoms with E-state index in [1.54, 1.807) is 13.0 Å². The average molecular weight is 210 g/mol. The highest BCUT2D eigenvalue weighted by Crippen LogP contribution is 2.24. The SMILES string of the molecule is CC.Cc1cc(F)c2c(c1)CN(N)C2=O. The van der Waals surface area contributed by atoms with Crippen LogP contribution in [0.2, 0.25) is 0 Å². The lowest BCUT2D eigenvalue weighted by Crippen LogP contribution is -2.31. The lowest BCUT2D eigenvalue weighted by atomic mass is 10.1. The summed E-state index contributed by atoms with van der Waals surface area (Å²) in [6.45, 7) is 6.08. The van der Waals surface area contributed by atoms with Gasteiger partial charge >= 0.3 is 0 Å². The van der Waals surface area contributed by atoms with E-state index in [2.05, 4.69) is 0 Å². The highest BCUT2D eigenvalue weighted by Gasteiger charge is 2.28. The Hall–Kier alpha value is -1.42. The fourth-order valence-electron chi connectivity index (χ4n) is 1.58. The molecular weight excluding hydrogens is 195 g/mol. The van der Waals surface area contributed by atoms with Gasteiger partial charge in [-0.15, -0.1) is 0 Å². The molecule has 0 saturated carbocycles. The van der Waals surface area contributed by atoms with Gasteiger partial charge in [0.25, 0.3) is 5.91 Å². The molecule has 4 heteroatoms. The highest BCUT2D eigenvalue weighted by molar-refractivity contribution is 5.98. The van der Waals surface area contributed by atoms with Crippen molar-refractivity contribution in [3.05, 3.63) is 34.6 Å². The van der Waals surface area contributed by atoms with E-state index >= 15 is 0 Å². The number of nitrogens with zero attached hydrogens (tertiary/aromatic N) is 1. The molecule has 0 saturated heterocycles. The van der Waals surface area contributed by atoms with Crippen LogP contribution in [0.1, 0.15) is 35.3 Å². The van der Waals surface area contributed by atoms with Crippen molar-refractivity contribution in [3.8, 4) is 0 Å². The van der Waals surface area contributed by atoms with Crippen molar-refractivity contribution in [1.82, 2.24) is 5.01 Å². The molecule has 0 atom stereocenters. The number of hydrogen-bond acceptors (Lipinski definition) is 2. The number of aryl methyl sites for hydroxylation is 1. The van der Waals surface area contributed by atoms with Gasteiger partial charge in [-0.05, 0) is 24.1 Å². The number of amides is 1. The zero-order valence-corrected chi connectivity index (χ0v) is 9.17. The molecule has 0 fully saturated rings. The van der Waals surface area contributed by atoms with E-state index in [9.17, 15) is 9.18 Å². The van der Waals surface area contributed by atoms with Gasteiger partial charge in [0.15, 0.2) is 0 Å². The maximum Gasteiger partial charge on any atom is 0.271 e. The second-order valence-corrected chi connectivity index (χ2v) is 3.21. The smallest absolute Gasteiger partial charge is 0.271 e. The van der Waals surface area contributed by atoms with E-state index < -0.39 is 11.7 Å². The van der Waals surface area contributed by atoms with Crippen LogP contribution in [0.3, 0.4) is 0 Å². The Morgan fingerprint density at radius 3 is 2.60 bits per heavy atom. The Balaban J connectivity index is 0.000000531. The maximum absolute atomic E-state index is 13.3. The van der Waals surface area contributed by atoms with Crippen molar-refractivity contribution in [2.45, 2.75) is 27.3 Å². The zero-order chi connectivity index (χ0) is 11.6. The van der Waals surface area contributed by atoms with Crippen LogP contribution in [0.4, 0.5) is 4.39 Å². The minimum atomic E-state index is -0.479. The highest BCUT2D eigenvalue weighted by atomic mass is 19.1. The Morgan fingerprint density at radius 1 is 1.40 bits per heavy atom. The molecule has 1 aromatic carbocycles. The number of halogens is 1. The molecule has 2 rings (SSSR count). The molecule has 0 aliphatic carbocycles. The van der Waals surface area contributed by atoms with Gasteiger partial charge in [0.1, 0.15) is 5.82 Å². The molecule has 0 unspecified atom stereocenters. The summed E-state index contributed by atoms with van der Waals surface area (Å²) in [5.74, 6) is 4.45. The van der Waals surface area contributed by atoms with Gasteiger partial charge in [0.2, 0.25) is 0 Å². The first kappa shape index (κ1) is 11.7. The van der Waals surface area contributed by atoms with Crippen molar-refractivity contribution >= 4 is 5.91 Å². The number of nitrogens with two attached hydrogens (primary N) is 1. The summed E-state index contributed by atoms with van der Waals surface area (Å²) in [7, 11) is 0. The number of carbonyl (C=O) groups excluding carboxylic acids is 1. The summed E-state index contributed by atoms with van der Waals surface area (Å²) >= 11 is 0. The second-order valence-electron chi connectivity index (χ2n) is 3.21. The molecule has 1 aromatic rings. The van der Waals surface area contributed by atoms with E-state index in [-0.39, 0.29) is 5.56 Å². The minimum Gasteiger partial charge on any atom is -0.272 e. The Bertz CT molecular complexity index is 390. The number of fused-ring (bicyclic) bond motifs is 1. The van der Waals surface area contributed by atoms with Crippen LogP contribution in [-0.2, 0) is 6.54 Å².